The normalized spacial score (nSPS) is 31.5. The molecule has 5 nitrogen and oxygen atoms in total. The van der Waals surface area contributed by atoms with Crippen LogP contribution in [0.15, 0.2) is 0 Å². The summed E-state index contributed by atoms with van der Waals surface area (Å²) in [6.07, 6.45) is 8.47. The largest absolute Gasteiger partial charge is 0.327 e. The highest BCUT2D eigenvalue weighted by atomic mass is 32.2. The molecule has 0 aromatic carbocycles. The first-order chi connectivity index (χ1) is 9.94. The van der Waals surface area contributed by atoms with Crippen LogP contribution in [0, 0.1) is 17.8 Å². The van der Waals surface area contributed by atoms with E-state index in [1.807, 2.05) is 6.92 Å². The molecule has 118 valence electrons. The fraction of sp³-hybridized carbons (Fsp3) is 0.800. The average Bonchev–Trinajstić information content (AvgIpc) is 2.84. The van der Waals surface area contributed by atoms with Crippen LogP contribution in [0.25, 0.3) is 0 Å². The van der Waals surface area contributed by atoms with E-state index in [-0.39, 0.29) is 30.0 Å². The Balaban J connectivity index is 2.21. The van der Waals surface area contributed by atoms with Crippen LogP contribution in [0.3, 0.4) is 0 Å². The number of amides is 1. The van der Waals surface area contributed by atoms with Crippen LogP contribution >= 0.6 is 0 Å². The molecule has 0 saturated carbocycles. The van der Waals surface area contributed by atoms with Crippen molar-refractivity contribution in [2.24, 2.45) is 5.41 Å². The number of piperidine rings is 1. The first-order valence-corrected chi connectivity index (χ1v) is 9.42. The summed E-state index contributed by atoms with van der Waals surface area (Å²) in [6, 6.07) is -0.260. The predicted molar refractivity (Wildman–Crippen MR) is 82.4 cm³/mol. The number of sulfone groups is 1. The van der Waals surface area contributed by atoms with Crippen LogP contribution in [0.5, 0.6) is 0 Å². The van der Waals surface area contributed by atoms with Crippen molar-refractivity contribution in [1.82, 2.24) is 10.2 Å². The van der Waals surface area contributed by atoms with E-state index in [0.717, 1.165) is 25.8 Å². The van der Waals surface area contributed by atoms with Gasteiger partial charge in [-0.05, 0) is 32.2 Å². The van der Waals surface area contributed by atoms with Crippen molar-refractivity contribution in [3.05, 3.63) is 0 Å². The third-order valence-corrected chi connectivity index (χ3v) is 6.52. The van der Waals surface area contributed by atoms with E-state index in [2.05, 4.69) is 11.2 Å². The van der Waals surface area contributed by atoms with E-state index in [1.165, 1.54) is 0 Å². The number of terminal acetylenes is 1. The van der Waals surface area contributed by atoms with Gasteiger partial charge in [0.1, 0.15) is 0 Å². The van der Waals surface area contributed by atoms with Gasteiger partial charge in [0.2, 0.25) is 5.91 Å². The smallest absolute Gasteiger partial charge is 0.231 e. The molecule has 1 N–H and O–H groups in total. The van der Waals surface area contributed by atoms with E-state index in [1.54, 1.807) is 4.90 Å². The molecule has 2 heterocycles. The lowest BCUT2D eigenvalue weighted by Crippen LogP contribution is -2.54. The predicted octanol–water partition coefficient (Wildman–Crippen LogP) is 0.415. The van der Waals surface area contributed by atoms with Crippen molar-refractivity contribution >= 4 is 15.7 Å². The first-order valence-electron chi connectivity index (χ1n) is 7.60. The van der Waals surface area contributed by atoms with Crippen molar-refractivity contribution < 1.29 is 13.2 Å². The molecule has 1 amide bonds. The van der Waals surface area contributed by atoms with Gasteiger partial charge in [0.05, 0.1) is 23.5 Å². The van der Waals surface area contributed by atoms with Gasteiger partial charge in [-0.3, -0.25) is 4.79 Å². The number of nitrogens with zero attached hydrogens (tertiary/aromatic N) is 1. The number of rotatable bonds is 4. The molecule has 2 fully saturated rings. The third-order valence-electron chi connectivity index (χ3n) is 4.77. The maximum absolute atomic E-state index is 13.0. The third kappa shape index (κ3) is 3.41. The summed E-state index contributed by atoms with van der Waals surface area (Å²) in [5.41, 5.74) is -0.429. The van der Waals surface area contributed by atoms with Gasteiger partial charge in [-0.25, -0.2) is 8.42 Å². The summed E-state index contributed by atoms with van der Waals surface area (Å²) < 4.78 is 23.4. The molecule has 0 aliphatic carbocycles. The van der Waals surface area contributed by atoms with Crippen LogP contribution in [0.2, 0.25) is 0 Å². The molecular weight excluding hydrogens is 288 g/mol. The Morgan fingerprint density at radius 1 is 1.52 bits per heavy atom. The number of carbonyl (C=O) groups is 1. The average molecular weight is 312 g/mol. The molecule has 2 unspecified atom stereocenters. The number of hydrogen-bond donors (Lipinski definition) is 1. The van der Waals surface area contributed by atoms with Gasteiger partial charge < -0.3 is 10.2 Å². The Hall–Kier alpha value is -1.06. The minimum Gasteiger partial charge on any atom is -0.327 e. The van der Waals surface area contributed by atoms with Gasteiger partial charge in [-0.1, -0.05) is 12.8 Å². The minimum absolute atomic E-state index is 0.0252. The van der Waals surface area contributed by atoms with Crippen molar-refractivity contribution in [3.63, 3.8) is 0 Å². The molecule has 21 heavy (non-hydrogen) atoms. The Morgan fingerprint density at radius 3 is 2.76 bits per heavy atom. The van der Waals surface area contributed by atoms with Crippen LogP contribution < -0.4 is 5.32 Å². The standard InChI is InChI=1S/C15H24N2O3S/c1-3-9-17(13-6-10-21(19,20)11-13)14(18)15(4-2)7-5-8-16-12-15/h1,13,16H,4-12H2,2H3. The molecule has 0 bridgehead atoms. The van der Waals surface area contributed by atoms with Crippen molar-refractivity contribution in [1.29, 1.82) is 0 Å². The molecule has 2 aliphatic heterocycles. The summed E-state index contributed by atoms with van der Waals surface area (Å²) in [5, 5.41) is 3.29. The van der Waals surface area contributed by atoms with Gasteiger partial charge in [-0.2, -0.15) is 0 Å². The highest BCUT2D eigenvalue weighted by Crippen LogP contribution is 2.34. The molecular formula is C15H24N2O3S. The molecule has 0 aromatic heterocycles. The summed E-state index contributed by atoms with van der Waals surface area (Å²) in [6.45, 7) is 3.80. The zero-order valence-corrected chi connectivity index (χ0v) is 13.4. The topological polar surface area (TPSA) is 66.5 Å². The highest BCUT2D eigenvalue weighted by Gasteiger charge is 2.44. The lowest BCUT2D eigenvalue weighted by molar-refractivity contribution is -0.144. The van der Waals surface area contributed by atoms with Crippen LogP contribution in [0.1, 0.15) is 32.6 Å². The number of hydrogen-bond acceptors (Lipinski definition) is 4. The lowest BCUT2D eigenvalue weighted by Gasteiger charge is -2.41. The van der Waals surface area contributed by atoms with Crippen LogP contribution in [-0.4, -0.2) is 56.4 Å². The minimum atomic E-state index is -3.03. The van der Waals surface area contributed by atoms with Crippen molar-refractivity contribution in [2.75, 3.05) is 31.1 Å². The number of carbonyl (C=O) groups excluding carboxylic acids is 1. The second-order valence-electron chi connectivity index (χ2n) is 6.11. The molecule has 2 rings (SSSR count). The number of nitrogens with one attached hydrogen (secondary N) is 1. The Labute approximate surface area is 127 Å². The second kappa shape index (κ2) is 6.37. The van der Waals surface area contributed by atoms with Crippen LogP contribution in [0.4, 0.5) is 0 Å². The van der Waals surface area contributed by atoms with E-state index < -0.39 is 15.3 Å². The van der Waals surface area contributed by atoms with Gasteiger partial charge in [0.15, 0.2) is 9.84 Å². The molecule has 0 radical (unpaired) electrons. The molecule has 2 atom stereocenters. The van der Waals surface area contributed by atoms with E-state index in [0.29, 0.717) is 13.0 Å². The summed E-state index contributed by atoms with van der Waals surface area (Å²) >= 11 is 0. The Bertz CT molecular complexity index is 530. The maximum atomic E-state index is 13.0. The summed E-state index contributed by atoms with van der Waals surface area (Å²) in [7, 11) is -3.03. The zero-order valence-electron chi connectivity index (χ0n) is 12.6. The van der Waals surface area contributed by atoms with E-state index in [9.17, 15) is 13.2 Å². The van der Waals surface area contributed by atoms with Gasteiger partial charge in [-0.15, -0.1) is 6.42 Å². The monoisotopic (exact) mass is 312 g/mol. The van der Waals surface area contributed by atoms with Gasteiger partial charge in [0.25, 0.3) is 0 Å². The van der Waals surface area contributed by atoms with Gasteiger partial charge >= 0.3 is 0 Å². The molecule has 2 saturated heterocycles. The van der Waals surface area contributed by atoms with Gasteiger partial charge in [0, 0.05) is 12.6 Å². The molecule has 0 aromatic rings. The van der Waals surface area contributed by atoms with Crippen molar-refractivity contribution in [2.45, 2.75) is 38.6 Å². The Kier molecular flexibility index (Phi) is 4.95. The second-order valence-corrected chi connectivity index (χ2v) is 8.34. The molecule has 2 aliphatic rings. The maximum Gasteiger partial charge on any atom is 0.231 e. The summed E-state index contributed by atoms with van der Waals surface area (Å²) in [4.78, 5) is 14.7. The van der Waals surface area contributed by atoms with Crippen LogP contribution in [-0.2, 0) is 14.6 Å². The fourth-order valence-corrected chi connectivity index (χ4v) is 5.12. The summed E-state index contributed by atoms with van der Waals surface area (Å²) in [5.74, 6) is 2.75. The van der Waals surface area contributed by atoms with E-state index in [4.69, 9.17) is 6.42 Å². The van der Waals surface area contributed by atoms with Crippen molar-refractivity contribution in [3.8, 4) is 12.3 Å². The van der Waals surface area contributed by atoms with E-state index >= 15 is 0 Å². The quantitative estimate of drug-likeness (QED) is 0.764. The SMILES string of the molecule is C#CCN(C(=O)C1(CC)CCCNC1)C1CCS(=O)(=O)C1. The highest BCUT2D eigenvalue weighted by molar-refractivity contribution is 7.91. The molecule has 6 heteroatoms. The zero-order chi connectivity index (χ0) is 15.5. The fourth-order valence-electron chi connectivity index (χ4n) is 3.39. The first kappa shape index (κ1) is 16.3. The Morgan fingerprint density at radius 2 is 2.29 bits per heavy atom. The molecule has 0 spiro atoms. The lowest BCUT2D eigenvalue weighted by atomic mass is 9.76.